The van der Waals surface area contributed by atoms with E-state index >= 15 is 0 Å². The van der Waals surface area contributed by atoms with Gasteiger partial charge in [0, 0.05) is 12.6 Å². The quantitative estimate of drug-likeness (QED) is 0.767. The van der Waals surface area contributed by atoms with E-state index in [2.05, 4.69) is 4.98 Å². The first-order chi connectivity index (χ1) is 9.80. The Morgan fingerprint density at radius 1 is 1.38 bits per heavy atom. The minimum Gasteiger partial charge on any atom is -0.352 e. The maximum atomic E-state index is 11.6. The highest BCUT2D eigenvalue weighted by Crippen LogP contribution is 2.38. The van der Waals surface area contributed by atoms with Crippen molar-refractivity contribution in [1.82, 2.24) is 4.98 Å². The Labute approximate surface area is 138 Å². The molecule has 1 saturated heterocycles. The summed E-state index contributed by atoms with van der Waals surface area (Å²) in [6.45, 7) is 2.37. The monoisotopic (exact) mass is 367 g/mol. The number of nitrogens with zero attached hydrogens (tertiary/aromatic N) is 3. The van der Waals surface area contributed by atoms with Crippen LogP contribution in [0, 0.1) is 11.3 Å². The minimum absolute atomic E-state index is 0.0159. The molecule has 2 heterocycles. The first-order valence-corrected chi connectivity index (χ1v) is 9.18. The number of nitriles is 1. The summed E-state index contributed by atoms with van der Waals surface area (Å²) in [4.78, 5) is 5.90. The van der Waals surface area contributed by atoms with E-state index in [1.54, 1.807) is 4.90 Å². The van der Waals surface area contributed by atoms with Gasteiger partial charge in [-0.2, -0.15) is 5.26 Å². The predicted molar refractivity (Wildman–Crippen MR) is 84.1 cm³/mol. The number of rotatable bonds is 3. The lowest BCUT2D eigenvalue weighted by atomic mass is 10.2. The van der Waals surface area contributed by atoms with E-state index in [1.165, 1.54) is 0 Å². The zero-order valence-electron chi connectivity index (χ0n) is 11.1. The largest absolute Gasteiger partial charge is 0.352 e. The molecular weight excluding hydrogens is 357 g/mol. The average molecular weight is 369 g/mol. The minimum atomic E-state index is -3.04. The van der Waals surface area contributed by atoms with Gasteiger partial charge in [-0.1, -0.05) is 34.8 Å². The van der Waals surface area contributed by atoms with Crippen molar-refractivity contribution in [1.29, 1.82) is 5.26 Å². The summed E-state index contributed by atoms with van der Waals surface area (Å²) in [5.41, 5.74) is 0.0159. The number of halogens is 3. The second-order valence-electron chi connectivity index (χ2n) is 4.68. The maximum absolute atomic E-state index is 11.6. The van der Waals surface area contributed by atoms with Gasteiger partial charge in [-0.25, -0.2) is 13.4 Å². The molecule has 1 unspecified atom stereocenters. The van der Waals surface area contributed by atoms with Crippen molar-refractivity contribution in [3.63, 3.8) is 0 Å². The molecule has 1 aromatic rings. The second kappa shape index (κ2) is 6.17. The summed E-state index contributed by atoms with van der Waals surface area (Å²) >= 11 is 18.2. The van der Waals surface area contributed by atoms with Crippen LogP contribution in [-0.4, -0.2) is 37.5 Å². The number of anilines is 1. The molecule has 1 atom stereocenters. The van der Waals surface area contributed by atoms with Crippen LogP contribution < -0.4 is 4.90 Å². The third-order valence-corrected chi connectivity index (χ3v) is 6.25. The highest BCUT2D eigenvalue weighted by molar-refractivity contribution is 7.91. The van der Waals surface area contributed by atoms with Crippen LogP contribution >= 0.6 is 34.8 Å². The van der Waals surface area contributed by atoms with Crippen molar-refractivity contribution in [2.75, 3.05) is 23.0 Å². The Hall–Kier alpha value is -0.740. The van der Waals surface area contributed by atoms with Gasteiger partial charge in [-0.15, -0.1) is 0 Å². The zero-order chi connectivity index (χ0) is 15.8. The molecule has 9 heteroatoms. The van der Waals surface area contributed by atoms with Crippen LogP contribution in [-0.2, 0) is 9.84 Å². The van der Waals surface area contributed by atoms with Crippen molar-refractivity contribution in [2.24, 2.45) is 0 Å². The Bertz CT molecular complexity index is 715. The van der Waals surface area contributed by atoms with Crippen molar-refractivity contribution in [3.05, 3.63) is 20.8 Å². The third kappa shape index (κ3) is 3.21. The van der Waals surface area contributed by atoms with Crippen LogP contribution in [0.1, 0.15) is 18.9 Å². The molecule has 1 fully saturated rings. The summed E-state index contributed by atoms with van der Waals surface area (Å²) < 4.78 is 23.3. The molecule has 0 amide bonds. The van der Waals surface area contributed by atoms with Gasteiger partial charge in [0.05, 0.1) is 16.5 Å². The summed E-state index contributed by atoms with van der Waals surface area (Å²) in [6, 6.07) is 1.63. The van der Waals surface area contributed by atoms with Gasteiger partial charge in [0.25, 0.3) is 0 Å². The normalized spacial score (nSPS) is 20.2. The van der Waals surface area contributed by atoms with Crippen molar-refractivity contribution < 1.29 is 8.42 Å². The van der Waals surface area contributed by atoms with Crippen LogP contribution in [0.15, 0.2) is 0 Å². The fraction of sp³-hybridized carbons (Fsp3) is 0.500. The first-order valence-electron chi connectivity index (χ1n) is 6.22. The Morgan fingerprint density at radius 2 is 2.05 bits per heavy atom. The van der Waals surface area contributed by atoms with Crippen LogP contribution in [0.2, 0.25) is 15.2 Å². The summed E-state index contributed by atoms with van der Waals surface area (Å²) in [6.07, 6.45) is 0.503. The number of hydrogen-bond donors (Lipinski definition) is 0. The molecule has 21 heavy (non-hydrogen) atoms. The topological polar surface area (TPSA) is 74.1 Å². The molecule has 0 saturated carbocycles. The van der Waals surface area contributed by atoms with Crippen LogP contribution in [0.25, 0.3) is 0 Å². The smallest absolute Gasteiger partial charge is 0.152 e. The molecule has 5 nitrogen and oxygen atoms in total. The van der Waals surface area contributed by atoms with Gasteiger partial charge < -0.3 is 4.90 Å². The van der Waals surface area contributed by atoms with E-state index in [4.69, 9.17) is 40.1 Å². The number of aromatic nitrogens is 1. The van der Waals surface area contributed by atoms with E-state index in [1.807, 2.05) is 13.0 Å². The van der Waals surface area contributed by atoms with Crippen LogP contribution in [0.3, 0.4) is 0 Å². The van der Waals surface area contributed by atoms with E-state index in [0.29, 0.717) is 18.8 Å². The van der Waals surface area contributed by atoms with Crippen molar-refractivity contribution >= 4 is 50.5 Å². The van der Waals surface area contributed by atoms with E-state index < -0.39 is 9.84 Å². The second-order valence-corrected chi connectivity index (χ2v) is 8.03. The lowest BCUT2D eigenvalue weighted by Gasteiger charge is -2.29. The molecule has 2 rings (SSSR count). The van der Waals surface area contributed by atoms with E-state index in [-0.39, 0.29) is 38.3 Å². The SMILES string of the molecule is CCN(c1nc(Cl)c(C#N)c(Cl)c1Cl)C1CCS(=O)(=O)C1. The molecule has 0 spiro atoms. The molecular formula is C12H12Cl3N3O2S. The fourth-order valence-electron chi connectivity index (χ4n) is 2.38. The number of pyridine rings is 1. The Kier molecular flexibility index (Phi) is 4.89. The summed E-state index contributed by atoms with van der Waals surface area (Å²) in [7, 11) is -3.04. The van der Waals surface area contributed by atoms with Crippen LogP contribution in [0.4, 0.5) is 5.82 Å². The van der Waals surface area contributed by atoms with Gasteiger partial charge in [-0.3, -0.25) is 0 Å². The third-order valence-electron chi connectivity index (χ3n) is 3.39. The average Bonchev–Trinajstić information content (AvgIpc) is 2.77. The summed E-state index contributed by atoms with van der Waals surface area (Å²) in [5, 5.41) is 9.09. The highest BCUT2D eigenvalue weighted by Gasteiger charge is 2.34. The van der Waals surface area contributed by atoms with Gasteiger partial charge in [-0.05, 0) is 13.3 Å². The molecule has 1 aliphatic rings. The predicted octanol–water partition coefficient (Wildman–Crippen LogP) is 2.93. The number of sulfone groups is 1. The molecule has 0 aromatic carbocycles. The molecule has 1 aromatic heterocycles. The molecule has 114 valence electrons. The van der Waals surface area contributed by atoms with Crippen molar-refractivity contribution in [2.45, 2.75) is 19.4 Å². The van der Waals surface area contributed by atoms with Crippen molar-refractivity contribution in [3.8, 4) is 6.07 Å². The maximum Gasteiger partial charge on any atom is 0.152 e. The first kappa shape index (κ1) is 16.6. The molecule has 0 aliphatic carbocycles. The molecule has 0 radical (unpaired) electrons. The van der Waals surface area contributed by atoms with Crippen LogP contribution in [0.5, 0.6) is 0 Å². The number of hydrogen-bond acceptors (Lipinski definition) is 5. The van der Waals surface area contributed by atoms with Gasteiger partial charge in [0.2, 0.25) is 0 Å². The Morgan fingerprint density at radius 3 is 2.52 bits per heavy atom. The molecule has 0 bridgehead atoms. The van der Waals surface area contributed by atoms with Gasteiger partial charge >= 0.3 is 0 Å². The summed E-state index contributed by atoms with van der Waals surface area (Å²) in [5.74, 6) is 0.507. The fourth-order valence-corrected chi connectivity index (χ4v) is 4.84. The highest BCUT2D eigenvalue weighted by atomic mass is 35.5. The van der Waals surface area contributed by atoms with E-state index in [0.717, 1.165) is 0 Å². The lowest BCUT2D eigenvalue weighted by molar-refractivity contribution is 0.599. The van der Waals surface area contributed by atoms with Gasteiger partial charge in [0.1, 0.15) is 16.7 Å². The molecule has 1 aliphatic heterocycles. The zero-order valence-corrected chi connectivity index (χ0v) is 14.2. The lowest BCUT2D eigenvalue weighted by Crippen LogP contribution is -2.37. The standard InChI is InChI=1S/C12H12Cl3N3O2S/c1-2-18(7-3-4-21(19,20)6-7)12-10(14)9(13)8(5-16)11(15)17-12/h7H,2-4,6H2,1H3. The molecule has 0 N–H and O–H groups in total. The Balaban J connectivity index is 2.47. The van der Waals surface area contributed by atoms with E-state index in [9.17, 15) is 8.42 Å². The van der Waals surface area contributed by atoms with Gasteiger partial charge in [0.15, 0.2) is 20.8 Å².